The van der Waals surface area contributed by atoms with Crippen LogP contribution < -0.4 is 4.72 Å². The highest BCUT2D eigenvalue weighted by Gasteiger charge is 2.13. The fourth-order valence-electron chi connectivity index (χ4n) is 1.62. The Morgan fingerprint density at radius 2 is 2.10 bits per heavy atom. The number of tetrazole rings is 1. The van der Waals surface area contributed by atoms with Crippen LogP contribution in [0.4, 0.5) is 5.69 Å². The number of aromatic nitrogens is 4. The Labute approximate surface area is 132 Å². The van der Waals surface area contributed by atoms with Crippen LogP contribution in [0.3, 0.4) is 0 Å². The van der Waals surface area contributed by atoms with Gasteiger partial charge in [-0.15, -0.1) is 16.7 Å². The zero-order chi connectivity index (χ0) is 15.3. The molecule has 0 spiro atoms. The number of halogens is 2. The minimum atomic E-state index is -3.47. The largest absolute Gasteiger partial charge is 0.282 e. The van der Waals surface area contributed by atoms with Crippen molar-refractivity contribution in [2.75, 3.05) is 16.4 Å². The number of hydrogen-bond acceptors (Lipinski definition) is 5. The van der Waals surface area contributed by atoms with Gasteiger partial charge in [0.25, 0.3) is 0 Å². The lowest BCUT2D eigenvalue weighted by molar-refractivity contribution is 0.598. The normalized spacial score (nSPS) is 11.5. The third-order valence-electron chi connectivity index (χ3n) is 2.63. The molecule has 1 N–H and O–H groups in total. The summed E-state index contributed by atoms with van der Waals surface area (Å²) in [7, 11) is -3.47. The van der Waals surface area contributed by atoms with Gasteiger partial charge in [-0.3, -0.25) is 4.72 Å². The van der Waals surface area contributed by atoms with Crippen molar-refractivity contribution >= 4 is 38.9 Å². The summed E-state index contributed by atoms with van der Waals surface area (Å²) in [5, 5.41) is 11.1. The van der Waals surface area contributed by atoms with Gasteiger partial charge in [-0.05, 0) is 41.5 Å². The molecule has 2 aromatic rings. The van der Waals surface area contributed by atoms with E-state index in [0.29, 0.717) is 29.4 Å². The first-order valence-corrected chi connectivity index (χ1v) is 8.68. The predicted octanol–water partition coefficient (Wildman–Crippen LogP) is 2.08. The highest BCUT2D eigenvalue weighted by Crippen LogP contribution is 2.25. The highest BCUT2D eigenvalue weighted by molar-refractivity contribution is 7.92. The second-order valence-electron chi connectivity index (χ2n) is 4.24. The molecule has 0 aliphatic carbocycles. The van der Waals surface area contributed by atoms with E-state index in [0.717, 1.165) is 0 Å². The number of nitrogens with zero attached hydrogens (tertiary/aromatic N) is 4. The van der Waals surface area contributed by atoms with Gasteiger partial charge in [-0.1, -0.05) is 11.6 Å². The molecular weight excluding hydrogens is 337 g/mol. The summed E-state index contributed by atoms with van der Waals surface area (Å²) in [5.74, 6) is 0.427. The van der Waals surface area contributed by atoms with Gasteiger partial charge in [0, 0.05) is 5.88 Å². The summed E-state index contributed by atoms with van der Waals surface area (Å²) in [6, 6.07) is 4.83. The number of rotatable bonds is 7. The van der Waals surface area contributed by atoms with Crippen LogP contribution in [0.25, 0.3) is 5.69 Å². The predicted molar refractivity (Wildman–Crippen MR) is 81.5 cm³/mol. The van der Waals surface area contributed by atoms with E-state index < -0.39 is 10.0 Å². The topological polar surface area (TPSA) is 89.8 Å². The molecule has 0 amide bonds. The Balaban J connectivity index is 2.18. The second kappa shape index (κ2) is 7.06. The summed E-state index contributed by atoms with van der Waals surface area (Å²) in [5.41, 5.74) is 0.887. The van der Waals surface area contributed by atoms with Gasteiger partial charge < -0.3 is 0 Å². The molecule has 0 aliphatic rings. The molecule has 7 nitrogen and oxygen atoms in total. The maximum absolute atomic E-state index is 12.0. The van der Waals surface area contributed by atoms with Gasteiger partial charge in [-0.2, -0.15) is 0 Å². The van der Waals surface area contributed by atoms with Crippen LogP contribution in [-0.2, 0) is 10.0 Å². The zero-order valence-electron chi connectivity index (χ0n) is 10.9. The summed E-state index contributed by atoms with van der Waals surface area (Å²) < 4.78 is 27.8. The molecule has 0 aliphatic heterocycles. The SMILES string of the molecule is O=S(=O)(CCCCCl)Nc1cc(-n2cnnn2)ccc1Cl. The molecule has 10 heteroatoms. The van der Waals surface area contributed by atoms with E-state index in [9.17, 15) is 8.42 Å². The van der Waals surface area contributed by atoms with Gasteiger partial charge in [-0.25, -0.2) is 13.1 Å². The maximum atomic E-state index is 12.0. The summed E-state index contributed by atoms with van der Waals surface area (Å²) >= 11 is 11.6. The fourth-order valence-corrected chi connectivity index (χ4v) is 3.22. The van der Waals surface area contributed by atoms with Crippen molar-refractivity contribution in [2.45, 2.75) is 12.8 Å². The Morgan fingerprint density at radius 1 is 1.29 bits per heavy atom. The Kier molecular flexibility index (Phi) is 5.38. The lowest BCUT2D eigenvalue weighted by atomic mass is 10.3. The summed E-state index contributed by atoms with van der Waals surface area (Å²) in [6.07, 6.45) is 2.53. The van der Waals surface area contributed by atoms with Crippen molar-refractivity contribution in [1.29, 1.82) is 0 Å². The average Bonchev–Trinajstić information content (AvgIpc) is 2.95. The molecular formula is C11H13Cl2N5O2S. The minimum absolute atomic E-state index is 0.00877. The molecule has 1 heterocycles. The third-order valence-corrected chi connectivity index (χ3v) is 4.58. The first-order chi connectivity index (χ1) is 10.0. The molecule has 0 saturated heterocycles. The van der Waals surface area contributed by atoms with E-state index in [1.54, 1.807) is 18.2 Å². The number of benzene rings is 1. The van der Waals surface area contributed by atoms with E-state index in [-0.39, 0.29) is 11.4 Å². The van der Waals surface area contributed by atoms with Crippen LogP contribution in [0.5, 0.6) is 0 Å². The number of nitrogens with one attached hydrogen (secondary N) is 1. The molecule has 21 heavy (non-hydrogen) atoms. The summed E-state index contributed by atoms with van der Waals surface area (Å²) in [4.78, 5) is 0. The van der Waals surface area contributed by atoms with E-state index in [4.69, 9.17) is 23.2 Å². The number of alkyl halides is 1. The van der Waals surface area contributed by atoms with Gasteiger partial charge in [0.15, 0.2) is 0 Å². The van der Waals surface area contributed by atoms with Crippen LogP contribution in [0.2, 0.25) is 5.02 Å². The molecule has 0 saturated carbocycles. The van der Waals surface area contributed by atoms with Crippen molar-refractivity contribution in [1.82, 2.24) is 20.2 Å². The minimum Gasteiger partial charge on any atom is -0.282 e. The molecule has 1 aromatic heterocycles. The average molecular weight is 350 g/mol. The standard InChI is InChI=1S/C11H13Cl2N5O2S/c12-5-1-2-6-21(19,20)15-11-7-9(3-4-10(11)13)18-8-14-16-17-18/h3-4,7-8,15H,1-2,5-6H2. The first-order valence-electron chi connectivity index (χ1n) is 6.11. The van der Waals surface area contributed by atoms with Gasteiger partial charge in [0.1, 0.15) is 6.33 Å². The molecule has 2 rings (SSSR count). The Hall–Kier alpha value is -1.38. The maximum Gasteiger partial charge on any atom is 0.232 e. The molecule has 114 valence electrons. The molecule has 0 fully saturated rings. The van der Waals surface area contributed by atoms with Crippen molar-refractivity contribution < 1.29 is 8.42 Å². The van der Waals surface area contributed by atoms with E-state index in [2.05, 4.69) is 20.2 Å². The number of sulfonamides is 1. The second-order valence-corrected chi connectivity index (χ2v) is 6.86. The molecule has 0 radical (unpaired) electrons. The number of unbranched alkanes of at least 4 members (excludes halogenated alkanes) is 1. The Morgan fingerprint density at radius 3 is 2.76 bits per heavy atom. The smallest absolute Gasteiger partial charge is 0.232 e. The van der Waals surface area contributed by atoms with Gasteiger partial charge in [0.2, 0.25) is 10.0 Å². The first kappa shape index (κ1) is 16.0. The molecule has 0 atom stereocenters. The van der Waals surface area contributed by atoms with Crippen molar-refractivity contribution in [3.8, 4) is 5.69 Å². The van der Waals surface area contributed by atoms with Crippen LogP contribution >= 0.6 is 23.2 Å². The molecule has 0 bridgehead atoms. The van der Waals surface area contributed by atoms with Crippen molar-refractivity contribution in [3.05, 3.63) is 29.5 Å². The van der Waals surface area contributed by atoms with Crippen LogP contribution in [-0.4, -0.2) is 40.3 Å². The highest BCUT2D eigenvalue weighted by atomic mass is 35.5. The fraction of sp³-hybridized carbons (Fsp3) is 0.364. The number of anilines is 1. The van der Waals surface area contributed by atoms with Crippen molar-refractivity contribution in [3.63, 3.8) is 0 Å². The van der Waals surface area contributed by atoms with Crippen LogP contribution in [0.15, 0.2) is 24.5 Å². The monoisotopic (exact) mass is 349 g/mol. The van der Waals surface area contributed by atoms with E-state index >= 15 is 0 Å². The number of hydrogen-bond donors (Lipinski definition) is 1. The van der Waals surface area contributed by atoms with Gasteiger partial charge in [0.05, 0.1) is 22.2 Å². The summed E-state index contributed by atoms with van der Waals surface area (Å²) in [6.45, 7) is 0. The third kappa shape index (κ3) is 4.55. The molecule has 1 aromatic carbocycles. The van der Waals surface area contributed by atoms with E-state index in [1.807, 2.05) is 0 Å². The Bertz CT molecular complexity index is 691. The zero-order valence-corrected chi connectivity index (χ0v) is 13.2. The van der Waals surface area contributed by atoms with Crippen LogP contribution in [0, 0.1) is 0 Å². The van der Waals surface area contributed by atoms with Crippen LogP contribution in [0.1, 0.15) is 12.8 Å². The quantitative estimate of drug-likeness (QED) is 0.610. The van der Waals surface area contributed by atoms with Crippen molar-refractivity contribution in [2.24, 2.45) is 0 Å². The van der Waals surface area contributed by atoms with E-state index in [1.165, 1.54) is 11.0 Å². The molecule has 0 unspecified atom stereocenters. The lowest BCUT2D eigenvalue weighted by Gasteiger charge is -2.10. The lowest BCUT2D eigenvalue weighted by Crippen LogP contribution is -2.17. The van der Waals surface area contributed by atoms with Gasteiger partial charge >= 0.3 is 0 Å².